The van der Waals surface area contributed by atoms with Crippen molar-refractivity contribution in [3.63, 3.8) is 0 Å². The molecule has 0 atom stereocenters. The molecule has 0 aliphatic carbocycles. The first-order valence-electron chi connectivity index (χ1n) is 4.69. The number of nitro benzene ring substituents is 1. The second-order valence-corrected chi connectivity index (χ2v) is 5.11. The van der Waals surface area contributed by atoms with Crippen molar-refractivity contribution in [2.75, 3.05) is 14.1 Å². The Bertz CT molecular complexity index is 594. The molecule has 0 radical (unpaired) electrons. The third-order valence-corrected chi connectivity index (χ3v) is 3.15. The van der Waals surface area contributed by atoms with Crippen LogP contribution in [-0.2, 0) is 10.0 Å². The minimum Gasteiger partial charge on any atom is -0.506 e. The van der Waals surface area contributed by atoms with Gasteiger partial charge in [-0.2, -0.15) is 8.42 Å². The molecule has 0 amide bonds. The Hall–Kier alpha value is -2.16. The Morgan fingerprint density at radius 2 is 2.06 bits per heavy atom. The topological polar surface area (TPSA) is 113 Å². The Balaban J connectivity index is 3.45. The standard InChI is InChI=1S/C9H11N3O5S/c1-11(2)6-10-18(16,17)9-7(12(14)15)4-3-5-8(9)13/h3-6,13H,1-2H3. The van der Waals surface area contributed by atoms with Crippen LogP contribution in [0.5, 0.6) is 5.75 Å². The van der Waals surface area contributed by atoms with Crippen molar-refractivity contribution in [1.82, 2.24) is 4.90 Å². The average Bonchev–Trinajstić information content (AvgIpc) is 2.25. The second-order valence-electron chi connectivity index (χ2n) is 3.54. The summed E-state index contributed by atoms with van der Waals surface area (Å²) in [4.78, 5) is 10.4. The van der Waals surface area contributed by atoms with E-state index in [9.17, 15) is 23.6 Å². The molecule has 1 N–H and O–H groups in total. The SMILES string of the molecule is CN(C)C=NS(=O)(=O)c1c(O)cccc1[N+](=O)[O-]. The third kappa shape index (κ3) is 2.94. The fourth-order valence-corrected chi connectivity index (χ4v) is 2.29. The van der Waals surface area contributed by atoms with Crippen molar-refractivity contribution in [1.29, 1.82) is 0 Å². The largest absolute Gasteiger partial charge is 0.506 e. The van der Waals surface area contributed by atoms with Crippen molar-refractivity contribution in [3.8, 4) is 5.75 Å². The third-order valence-electron chi connectivity index (χ3n) is 1.84. The monoisotopic (exact) mass is 273 g/mol. The van der Waals surface area contributed by atoms with Crippen molar-refractivity contribution < 1.29 is 18.4 Å². The van der Waals surface area contributed by atoms with Gasteiger partial charge in [-0.3, -0.25) is 10.1 Å². The highest BCUT2D eigenvalue weighted by atomic mass is 32.2. The molecule has 1 aromatic rings. The number of hydrogen-bond donors (Lipinski definition) is 1. The van der Waals surface area contributed by atoms with E-state index in [1.807, 2.05) is 0 Å². The zero-order chi connectivity index (χ0) is 13.9. The zero-order valence-corrected chi connectivity index (χ0v) is 10.5. The quantitative estimate of drug-likeness (QED) is 0.371. The van der Waals surface area contributed by atoms with Crippen molar-refractivity contribution >= 4 is 22.0 Å². The van der Waals surface area contributed by atoms with Gasteiger partial charge in [-0.05, 0) is 6.07 Å². The summed E-state index contributed by atoms with van der Waals surface area (Å²) in [5.74, 6) is -0.708. The first kappa shape index (κ1) is 13.9. The highest BCUT2D eigenvalue weighted by Gasteiger charge is 2.28. The van der Waals surface area contributed by atoms with E-state index in [0.717, 1.165) is 18.5 Å². The van der Waals surface area contributed by atoms with E-state index < -0.39 is 31.3 Å². The van der Waals surface area contributed by atoms with Crippen LogP contribution in [0, 0.1) is 10.1 Å². The van der Waals surface area contributed by atoms with E-state index in [2.05, 4.69) is 4.40 Å². The molecule has 0 saturated heterocycles. The maximum atomic E-state index is 11.8. The Morgan fingerprint density at radius 1 is 1.44 bits per heavy atom. The maximum absolute atomic E-state index is 11.8. The number of nitro groups is 1. The molecule has 0 saturated carbocycles. The summed E-state index contributed by atoms with van der Waals surface area (Å²) in [5, 5.41) is 20.2. The van der Waals surface area contributed by atoms with Crippen LogP contribution in [0.15, 0.2) is 27.5 Å². The maximum Gasteiger partial charge on any atom is 0.294 e. The first-order valence-corrected chi connectivity index (χ1v) is 6.13. The Labute approximate surface area is 103 Å². The van der Waals surface area contributed by atoms with Gasteiger partial charge in [0.1, 0.15) is 12.1 Å². The molecule has 0 aliphatic rings. The highest BCUT2D eigenvalue weighted by molar-refractivity contribution is 7.90. The van der Waals surface area contributed by atoms with Crippen LogP contribution in [0.2, 0.25) is 0 Å². The van der Waals surface area contributed by atoms with Crippen molar-refractivity contribution in [3.05, 3.63) is 28.3 Å². The fourth-order valence-electron chi connectivity index (χ4n) is 1.13. The molecule has 0 heterocycles. The van der Waals surface area contributed by atoms with Crippen LogP contribution in [0.3, 0.4) is 0 Å². The van der Waals surface area contributed by atoms with Gasteiger partial charge in [-0.25, -0.2) is 0 Å². The van der Waals surface area contributed by atoms with Gasteiger partial charge < -0.3 is 10.0 Å². The fraction of sp³-hybridized carbons (Fsp3) is 0.222. The summed E-state index contributed by atoms with van der Waals surface area (Å²) in [6, 6.07) is 3.21. The van der Waals surface area contributed by atoms with Gasteiger partial charge in [0.2, 0.25) is 4.90 Å². The van der Waals surface area contributed by atoms with E-state index >= 15 is 0 Å². The van der Waals surface area contributed by atoms with Crippen LogP contribution in [-0.4, -0.2) is 43.8 Å². The van der Waals surface area contributed by atoms with Gasteiger partial charge in [-0.15, -0.1) is 4.40 Å². The summed E-state index contributed by atoms with van der Waals surface area (Å²) in [5.41, 5.74) is -0.717. The van der Waals surface area contributed by atoms with Gasteiger partial charge in [0, 0.05) is 20.2 Å². The molecule has 0 fully saturated rings. The minimum atomic E-state index is -4.33. The highest BCUT2D eigenvalue weighted by Crippen LogP contribution is 2.32. The number of aromatic hydroxyl groups is 1. The number of phenols is 1. The molecule has 1 rings (SSSR count). The average molecular weight is 273 g/mol. The van der Waals surface area contributed by atoms with E-state index in [4.69, 9.17) is 0 Å². The molecule has 1 aromatic carbocycles. The first-order chi connectivity index (χ1) is 8.25. The number of hydrogen-bond acceptors (Lipinski definition) is 5. The summed E-state index contributed by atoms with van der Waals surface area (Å²) < 4.78 is 26.8. The normalized spacial score (nSPS) is 11.7. The molecule has 9 heteroatoms. The summed E-state index contributed by atoms with van der Waals surface area (Å²) in [7, 11) is -1.25. The van der Waals surface area contributed by atoms with Gasteiger partial charge in [0.05, 0.1) is 4.92 Å². The van der Waals surface area contributed by atoms with Crippen molar-refractivity contribution in [2.45, 2.75) is 4.90 Å². The smallest absolute Gasteiger partial charge is 0.294 e. The Kier molecular flexibility index (Phi) is 3.86. The molecule has 8 nitrogen and oxygen atoms in total. The minimum absolute atomic E-state index is 0.708. The number of sulfonamides is 1. The van der Waals surface area contributed by atoms with Gasteiger partial charge in [0.15, 0.2) is 0 Å². The zero-order valence-electron chi connectivity index (χ0n) is 9.64. The van der Waals surface area contributed by atoms with Crippen molar-refractivity contribution in [2.24, 2.45) is 4.40 Å². The molecule has 0 aliphatic heterocycles. The van der Waals surface area contributed by atoms with Gasteiger partial charge in [-0.1, -0.05) is 6.07 Å². The van der Waals surface area contributed by atoms with E-state index in [-0.39, 0.29) is 0 Å². The molecule has 0 spiro atoms. The molecule has 0 aromatic heterocycles. The van der Waals surface area contributed by atoms with Crippen LogP contribution >= 0.6 is 0 Å². The number of rotatable bonds is 4. The van der Waals surface area contributed by atoms with E-state index in [0.29, 0.717) is 0 Å². The molecule has 18 heavy (non-hydrogen) atoms. The molecule has 0 unspecified atom stereocenters. The summed E-state index contributed by atoms with van der Waals surface area (Å²) in [6.45, 7) is 0. The Morgan fingerprint density at radius 3 is 2.56 bits per heavy atom. The lowest BCUT2D eigenvalue weighted by Gasteiger charge is -2.05. The molecular formula is C9H11N3O5S. The van der Waals surface area contributed by atoms with Crippen LogP contribution in [0.4, 0.5) is 5.69 Å². The van der Waals surface area contributed by atoms with Gasteiger partial charge in [0.25, 0.3) is 15.7 Å². The lowest BCUT2D eigenvalue weighted by atomic mass is 10.3. The predicted molar refractivity (Wildman–Crippen MR) is 64.1 cm³/mol. The molecule has 98 valence electrons. The summed E-state index contributed by atoms with van der Waals surface area (Å²) in [6.07, 6.45) is 0.978. The van der Waals surface area contributed by atoms with Gasteiger partial charge >= 0.3 is 0 Å². The lowest BCUT2D eigenvalue weighted by Crippen LogP contribution is -2.11. The van der Waals surface area contributed by atoms with E-state index in [1.165, 1.54) is 25.1 Å². The number of nitrogens with zero attached hydrogens (tertiary/aromatic N) is 3. The molecular weight excluding hydrogens is 262 g/mol. The summed E-state index contributed by atoms with van der Waals surface area (Å²) >= 11 is 0. The van der Waals surface area contributed by atoms with Crippen LogP contribution in [0.25, 0.3) is 0 Å². The number of benzene rings is 1. The molecule has 0 bridgehead atoms. The van der Waals surface area contributed by atoms with Crippen LogP contribution in [0.1, 0.15) is 0 Å². The van der Waals surface area contributed by atoms with Crippen LogP contribution < -0.4 is 0 Å². The lowest BCUT2D eigenvalue weighted by molar-refractivity contribution is -0.387. The second kappa shape index (κ2) is 5.00. The number of phenolic OH excluding ortho intramolecular Hbond substituents is 1. The van der Waals surface area contributed by atoms with E-state index in [1.54, 1.807) is 0 Å². The predicted octanol–water partition coefficient (Wildman–Crippen LogP) is 0.579.